The molecule has 0 saturated heterocycles. The van der Waals surface area contributed by atoms with Gasteiger partial charge in [0.15, 0.2) is 0 Å². The SMILES string of the molecule is COC(=O)c1sc2ccccc2c1Nc1ccccc1[N+](=O)[O-]. The van der Waals surface area contributed by atoms with Crippen LogP contribution in [0.2, 0.25) is 0 Å². The zero-order valence-corrected chi connectivity index (χ0v) is 12.9. The van der Waals surface area contributed by atoms with Crippen molar-refractivity contribution >= 4 is 44.5 Å². The third kappa shape index (κ3) is 2.74. The van der Waals surface area contributed by atoms with Gasteiger partial charge >= 0.3 is 5.97 Å². The lowest BCUT2D eigenvalue weighted by molar-refractivity contribution is -0.383. The maximum Gasteiger partial charge on any atom is 0.350 e. The molecule has 0 aliphatic heterocycles. The molecule has 6 nitrogen and oxygen atoms in total. The smallest absolute Gasteiger partial charge is 0.350 e. The summed E-state index contributed by atoms with van der Waals surface area (Å²) in [6, 6.07) is 13.8. The molecule has 0 aliphatic rings. The van der Waals surface area contributed by atoms with Gasteiger partial charge in [0.25, 0.3) is 5.69 Å². The summed E-state index contributed by atoms with van der Waals surface area (Å²) >= 11 is 1.28. The zero-order valence-electron chi connectivity index (χ0n) is 12.1. The number of thiophene rings is 1. The van der Waals surface area contributed by atoms with Crippen LogP contribution in [0.4, 0.5) is 17.1 Å². The minimum atomic E-state index is -0.479. The number of hydrogen-bond donors (Lipinski definition) is 1. The first-order chi connectivity index (χ1) is 11.1. The molecule has 0 spiro atoms. The molecule has 3 rings (SSSR count). The fourth-order valence-corrected chi connectivity index (χ4v) is 3.36. The number of esters is 1. The molecule has 0 aliphatic carbocycles. The predicted octanol–water partition coefficient (Wildman–Crippen LogP) is 4.34. The third-order valence-corrected chi connectivity index (χ3v) is 4.48. The highest BCUT2D eigenvalue weighted by atomic mass is 32.1. The van der Waals surface area contributed by atoms with E-state index in [1.807, 2.05) is 24.3 Å². The number of fused-ring (bicyclic) bond motifs is 1. The maximum absolute atomic E-state index is 12.0. The first-order valence-electron chi connectivity index (χ1n) is 6.72. The van der Waals surface area contributed by atoms with Crippen LogP contribution >= 0.6 is 11.3 Å². The van der Waals surface area contributed by atoms with E-state index in [1.165, 1.54) is 24.5 Å². The van der Waals surface area contributed by atoms with E-state index in [0.29, 0.717) is 16.3 Å². The van der Waals surface area contributed by atoms with Gasteiger partial charge in [0, 0.05) is 16.2 Å². The molecule has 0 fully saturated rings. The summed E-state index contributed by atoms with van der Waals surface area (Å²) in [7, 11) is 1.31. The normalized spacial score (nSPS) is 10.5. The minimum absolute atomic E-state index is 0.0569. The molecule has 1 aromatic heterocycles. The Labute approximate surface area is 135 Å². The van der Waals surface area contributed by atoms with Crippen LogP contribution in [0.1, 0.15) is 9.67 Å². The van der Waals surface area contributed by atoms with Crippen molar-refractivity contribution in [2.45, 2.75) is 0 Å². The van der Waals surface area contributed by atoms with Gasteiger partial charge in [-0.25, -0.2) is 4.79 Å². The average Bonchev–Trinajstić information content (AvgIpc) is 2.93. The second-order valence-electron chi connectivity index (χ2n) is 4.69. The standard InChI is InChI=1S/C16H12N2O4S/c1-22-16(19)15-14(10-6-2-5-9-13(10)23-15)17-11-7-3-4-8-12(11)18(20)21/h2-9,17H,1H3. The predicted molar refractivity (Wildman–Crippen MR) is 89.5 cm³/mol. The molecule has 23 heavy (non-hydrogen) atoms. The fraction of sp³-hybridized carbons (Fsp3) is 0.0625. The number of nitro groups is 1. The number of nitrogens with one attached hydrogen (secondary N) is 1. The molecule has 3 aromatic rings. The van der Waals surface area contributed by atoms with Crippen molar-refractivity contribution in [3.05, 3.63) is 63.5 Å². The Balaban J connectivity index is 2.16. The minimum Gasteiger partial charge on any atom is -0.465 e. The monoisotopic (exact) mass is 328 g/mol. The third-order valence-electron chi connectivity index (χ3n) is 3.33. The number of benzene rings is 2. The number of hydrogen-bond acceptors (Lipinski definition) is 6. The number of ether oxygens (including phenoxy) is 1. The number of carbonyl (C=O) groups excluding carboxylic acids is 1. The summed E-state index contributed by atoms with van der Waals surface area (Å²) in [6.07, 6.45) is 0. The topological polar surface area (TPSA) is 81.5 Å². The van der Waals surface area contributed by atoms with E-state index >= 15 is 0 Å². The van der Waals surface area contributed by atoms with Crippen LogP contribution in [0.3, 0.4) is 0 Å². The molecule has 0 saturated carbocycles. The molecule has 1 heterocycles. The molecule has 0 unspecified atom stereocenters. The van der Waals surface area contributed by atoms with Gasteiger partial charge in [-0.05, 0) is 12.1 Å². The summed E-state index contributed by atoms with van der Waals surface area (Å²) in [5.74, 6) is -0.479. The van der Waals surface area contributed by atoms with Gasteiger partial charge < -0.3 is 10.1 Å². The first-order valence-corrected chi connectivity index (χ1v) is 7.53. The van der Waals surface area contributed by atoms with Crippen LogP contribution in [0.15, 0.2) is 48.5 Å². The Morgan fingerprint density at radius 2 is 1.87 bits per heavy atom. The van der Waals surface area contributed by atoms with Gasteiger partial charge in [-0.15, -0.1) is 11.3 Å². The molecular formula is C16H12N2O4S. The van der Waals surface area contributed by atoms with E-state index in [4.69, 9.17) is 4.74 Å². The van der Waals surface area contributed by atoms with Crippen molar-refractivity contribution in [1.29, 1.82) is 0 Å². The highest BCUT2D eigenvalue weighted by Crippen LogP contribution is 2.39. The summed E-state index contributed by atoms with van der Waals surface area (Å²) in [6.45, 7) is 0. The number of nitro benzene ring substituents is 1. The van der Waals surface area contributed by atoms with Crippen LogP contribution in [-0.4, -0.2) is 18.0 Å². The highest BCUT2D eigenvalue weighted by Gasteiger charge is 2.21. The number of carbonyl (C=O) groups is 1. The Hall–Kier alpha value is -2.93. The average molecular weight is 328 g/mol. The van der Waals surface area contributed by atoms with Crippen LogP contribution in [-0.2, 0) is 4.74 Å². The largest absolute Gasteiger partial charge is 0.465 e. The van der Waals surface area contributed by atoms with Crippen molar-refractivity contribution in [3.63, 3.8) is 0 Å². The van der Waals surface area contributed by atoms with E-state index < -0.39 is 10.9 Å². The van der Waals surface area contributed by atoms with Crippen molar-refractivity contribution in [2.24, 2.45) is 0 Å². The molecule has 0 bridgehead atoms. The second-order valence-corrected chi connectivity index (χ2v) is 5.75. The molecule has 1 N–H and O–H groups in total. The van der Waals surface area contributed by atoms with Crippen LogP contribution in [0.5, 0.6) is 0 Å². The molecule has 0 atom stereocenters. The number of anilines is 2. The zero-order chi connectivity index (χ0) is 16.4. The highest BCUT2D eigenvalue weighted by molar-refractivity contribution is 7.21. The number of nitrogens with zero attached hydrogens (tertiary/aromatic N) is 1. The summed E-state index contributed by atoms with van der Waals surface area (Å²) < 4.78 is 5.72. The number of rotatable bonds is 4. The van der Waals surface area contributed by atoms with Crippen molar-refractivity contribution in [2.75, 3.05) is 12.4 Å². The summed E-state index contributed by atoms with van der Waals surface area (Å²) in [5.41, 5.74) is 0.788. The number of para-hydroxylation sites is 2. The maximum atomic E-state index is 12.0. The van der Waals surface area contributed by atoms with Crippen molar-refractivity contribution in [1.82, 2.24) is 0 Å². The number of methoxy groups -OCH3 is 1. The molecule has 0 radical (unpaired) electrons. The van der Waals surface area contributed by atoms with Gasteiger partial charge in [-0.3, -0.25) is 10.1 Å². The van der Waals surface area contributed by atoms with E-state index in [1.54, 1.807) is 18.2 Å². The Morgan fingerprint density at radius 1 is 1.17 bits per heavy atom. The lowest BCUT2D eigenvalue weighted by Crippen LogP contribution is -2.03. The van der Waals surface area contributed by atoms with E-state index in [9.17, 15) is 14.9 Å². The molecule has 2 aromatic carbocycles. The van der Waals surface area contributed by atoms with Crippen molar-refractivity contribution < 1.29 is 14.5 Å². The van der Waals surface area contributed by atoms with Gasteiger partial charge in [-0.2, -0.15) is 0 Å². The van der Waals surface area contributed by atoms with Gasteiger partial charge in [0.2, 0.25) is 0 Å². The first kappa shape index (κ1) is 15.0. The molecule has 116 valence electrons. The Morgan fingerprint density at radius 3 is 2.61 bits per heavy atom. The van der Waals surface area contributed by atoms with Gasteiger partial charge in [0.1, 0.15) is 10.6 Å². The summed E-state index contributed by atoms with van der Waals surface area (Å²) in [4.78, 5) is 23.1. The van der Waals surface area contributed by atoms with E-state index in [0.717, 1.165) is 10.1 Å². The summed E-state index contributed by atoms with van der Waals surface area (Å²) in [5, 5.41) is 15.0. The molecular weight excluding hydrogens is 316 g/mol. The molecule has 0 amide bonds. The van der Waals surface area contributed by atoms with Crippen molar-refractivity contribution in [3.8, 4) is 0 Å². The molecule has 7 heteroatoms. The second kappa shape index (κ2) is 6.05. The Bertz CT molecular complexity index is 904. The van der Waals surface area contributed by atoms with Crippen LogP contribution in [0.25, 0.3) is 10.1 Å². The Kier molecular flexibility index (Phi) is 3.94. The van der Waals surface area contributed by atoms with E-state index in [2.05, 4.69) is 5.32 Å². The van der Waals surface area contributed by atoms with Gasteiger partial charge in [0.05, 0.1) is 17.7 Å². The lowest BCUT2D eigenvalue weighted by atomic mass is 10.2. The lowest BCUT2D eigenvalue weighted by Gasteiger charge is -2.08. The van der Waals surface area contributed by atoms with Crippen LogP contribution < -0.4 is 5.32 Å². The quantitative estimate of drug-likeness (QED) is 0.438. The van der Waals surface area contributed by atoms with E-state index in [-0.39, 0.29) is 5.69 Å². The van der Waals surface area contributed by atoms with Crippen LogP contribution in [0, 0.1) is 10.1 Å². The van der Waals surface area contributed by atoms with Gasteiger partial charge in [-0.1, -0.05) is 30.3 Å². The fourth-order valence-electron chi connectivity index (χ4n) is 2.28.